The molecule has 2 aromatic carbocycles. The highest BCUT2D eigenvalue weighted by atomic mass is 16.3. The summed E-state index contributed by atoms with van der Waals surface area (Å²) in [5, 5.41) is 0. The molecule has 0 spiro atoms. The highest BCUT2D eigenvalue weighted by molar-refractivity contribution is 5.82. The number of benzene rings is 2. The van der Waals surface area contributed by atoms with Crippen LogP contribution in [-0.2, 0) is 0 Å². The molecule has 3 nitrogen and oxygen atoms in total. The predicted molar refractivity (Wildman–Crippen MR) is 73.3 cm³/mol. The van der Waals surface area contributed by atoms with Gasteiger partial charge in [-0.3, -0.25) is 0 Å². The van der Waals surface area contributed by atoms with Crippen molar-refractivity contribution in [2.45, 2.75) is 13.8 Å². The molecule has 90 valence electrons. The standard InChI is InChI=1S/C15H14N2O/c1-9-5-3-7-11(13(9)16)15-17-14-10(2)6-4-8-12(14)18-15/h3-8H,16H2,1-2H3. The number of oxazole rings is 1. The Morgan fingerprint density at radius 1 is 1.00 bits per heavy atom. The lowest BCUT2D eigenvalue weighted by Crippen LogP contribution is -1.93. The summed E-state index contributed by atoms with van der Waals surface area (Å²) in [6.07, 6.45) is 0. The van der Waals surface area contributed by atoms with Crippen LogP contribution >= 0.6 is 0 Å². The average Bonchev–Trinajstić information content (AvgIpc) is 2.78. The molecule has 0 aliphatic heterocycles. The van der Waals surface area contributed by atoms with Gasteiger partial charge in [-0.05, 0) is 37.1 Å². The number of aryl methyl sites for hydroxylation is 2. The first-order valence-electron chi connectivity index (χ1n) is 5.88. The average molecular weight is 238 g/mol. The van der Waals surface area contributed by atoms with Crippen molar-refractivity contribution in [3.8, 4) is 11.5 Å². The monoisotopic (exact) mass is 238 g/mol. The fourth-order valence-electron chi connectivity index (χ4n) is 2.07. The van der Waals surface area contributed by atoms with Crippen LogP contribution in [0.4, 0.5) is 5.69 Å². The number of nitrogens with zero attached hydrogens (tertiary/aromatic N) is 1. The van der Waals surface area contributed by atoms with Crippen molar-refractivity contribution in [2.24, 2.45) is 0 Å². The molecule has 18 heavy (non-hydrogen) atoms. The van der Waals surface area contributed by atoms with Gasteiger partial charge in [-0.25, -0.2) is 4.98 Å². The van der Waals surface area contributed by atoms with E-state index in [0.29, 0.717) is 5.89 Å². The molecule has 0 atom stereocenters. The van der Waals surface area contributed by atoms with Gasteiger partial charge in [-0.1, -0.05) is 24.3 Å². The highest BCUT2D eigenvalue weighted by Gasteiger charge is 2.12. The van der Waals surface area contributed by atoms with Gasteiger partial charge < -0.3 is 10.2 Å². The van der Waals surface area contributed by atoms with E-state index in [2.05, 4.69) is 4.98 Å². The van der Waals surface area contributed by atoms with Crippen molar-refractivity contribution in [3.63, 3.8) is 0 Å². The maximum Gasteiger partial charge on any atom is 0.229 e. The molecule has 3 aromatic rings. The van der Waals surface area contributed by atoms with Crippen LogP contribution in [0.2, 0.25) is 0 Å². The fraction of sp³-hybridized carbons (Fsp3) is 0.133. The molecular formula is C15H14N2O. The van der Waals surface area contributed by atoms with Crippen molar-refractivity contribution in [3.05, 3.63) is 47.5 Å². The molecule has 3 heteroatoms. The Morgan fingerprint density at radius 3 is 2.50 bits per heavy atom. The molecule has 0 fully saturated rings. The van der Waals surface area contributed by atoms with Gasteiger partial charge in [-0.15, -0.1) is 0 Å². The molecule has 0 bridgehead atoms. The van der Waals surface area contributed by atoms with Crippen LogP contribution in [0.1, 0.15) is 11.1 Å². The molecule has 0 saturated carbocycles. The van der Waals surface area contributed by atoms with Crippen LogP contribution < -0.4 is 5.73 Å². The number of rotatable bonds is 1. The summed E-state index contributed by atoms with van der Waals surface area (Å²) in [5.74, 6) is 0.584. The lowest BCUT2D eigenvalue weighted by atomic mass is 10.1. The maximum absolute atomic E-state index is 6.07. The molecule has 0 aliphatic rings. The number of para-hydroxylation sites is 2. The molecule has 0 radical (unpaired) electrons. The first-order valence-corrected chi connectivity index (χ1v) is 5.88. The number of anilines is 1. The number of hydrogen-bond acceptors (Lipinski definition) is 3. The molecular weight excluding hydrogens is 224 g/mol. The zero-order chi connectivity index (χ0) is 12.7. The third-order valence-electron chi connectivity index (χ3n) is 3.18. The van der Waals surface area contributed by atoms with Gasteiger partial charge in [0, 0.05) is 5.69 Å². The predicted octanol–water partition coefficient (Wildman–Crippen LogP) is 3.69. The Labute approximate surface area is 105 Å². The van der Waals surface area contributed by atoms with Crippen molar-refractivity contribution < 1.29 is 4.42 Å². The Balaban J connectivity index is 2.26. The van der Waals surface area contributed by atoms with Crippen molar-refractivity contribution in [1.82, 2.24) is 4.98 Å². The lowest BCUT2D eigenvalue weighted by Gasteiger charge is -2.03. The van der Waals surface area contributed by atoms with Crippen LogP contribution in [0.15, 0.2) is 40.8 Å². The molecule has 0 aliphatic carbocycles. The third kappa shape index (κ3) is 1.56. The van der Waals surface area contributed by atoms with Crippen LogP contribution in [0, 0.1) is 13.8 Å². The van der Waals surface area contributed by atoms with Crippen LogP contribution in [0.5, 0.6) is 0 Å². The van der Waals surface area contributed by atoms with Gasteiger partial charge in [0.25, 0.3) is 0 Å². The maximum atomic E-state index is 6.07. The smallest absolute Gasteiger partial charge is 0.229 e. The van der Waals surface area contributed by atoms with Crippen LogP contribution in [0.3, 0.4) is 0 Å². The number of aromatic nitrogens is 1. The first-order chi connectivity index (χ1) is 8.66. The second-order valence-corrected chi connectivity index (χ2v) is 4.48. The first kappa shape index (κ1) is 10.8. The van der Waals surface area contributed by atoms with E-state index in [9.17, 15) is 0 Å². The number of hydrogen-bond donors (Lipinski definition) is 1. The Morgan fingerprint density at radius 2 is 1.72 bits per heavy atom. The van der Waals surface area contributed by atoms with Gasteiger partial charge >= 0.3 is 0 Å². The van der Waals surface area contributed by atoms with E-state index in [1.54, 1.807) is 0 Å². The largest absolute Gasteiger partial charge is 0.436 e. The van der Waals surface area contributed by atoms with Gasteiger partial charge in [0.15, 0.2) is 5.58 Å². The van der Waals surface area contributed by atoms with E-state index in [1.165, 1.54) is 0 Å². The summed E-state index contributed by atoms with van der Waals surface area (Å²) < 4.78 is 5.78. The molecule has 0 amide bonds. The Hall–Kier alpha value is -2.29. The minimum atomic E-state index is 0.584. The summed E-state index contributed by atoms with van der Waals surface area (Å²) in [4.78, 5) is 4.54. The summed E-state index contributed by atoms with van der Waals surface area (Å²) in [5.41, 5.74) is 11.5. The van der Waals surface area contributed by atoms with Gasteiger partial charge in [0.1, 0.15) is 5.52 Å². The molecule has 1 aromatic heterocycles. The summed E-state index contributed by atoms with van der Waals surface area (Å²) in [6.45, 7) is 4.00. The van der Waals surface area contributed by atoms with Crippen LogP contribution in [0.25, 0.3) is 22.6 Å². The van der Waals surface area contributed by atoms with Crippen LogP contribution in [-0.4, -0.2) is 4.98 Å². The second kappa shape index (κ2) is 3.88. The summed E-state index contributed by atoms with van der Waals surface area (Å²) >= 11 is 0. The Kier molecular flexibility index (Phi) is 2.33. The quantitative estimate of drug-likeness (QED) is 0.658. The van der Waals surface area contributed by atoms with Crippen molar-refractivity contribution in [2.75, 3.05) is 5.73 Å². The van der Waals surface area contributed by atoms with Gasteiger partial charge in [-0.2, -0.15) is 0 Å². The van der Waals surface area contributed by atoms with E-state index in [-0.39, 0.29) is 0 Å². The summed E-state index contributed by atoms with van der Waals surface area (Å²) in [6, 6.07) is 11.8. The summed E-state index contributed by atoms with van der Waals surface area (Å²) in [7, 11) is 0. The van der Waals surface area contributed by atoms with E-state index in [4.69, 9.17) is 10.2 Å². The van der Waals surface area contributed by atoms with E-state index < -0.39 is 0 Å². The van der Waals surface area contributed by atoms with Gasteiger partial charge in [0.2, 0.25) is 5.89 Å². The third-order valence-corrected chi connectivity index (χ3v) is 3.18. The van der Waals surface area contributed by atoms with E-state index >= 15 is 0 Å². The minimum absolute atomic E-state index is 0.584. The van der Waals surface area contributed by atoms with Crippen molar-refractivity contribution in [1.29, 1.82) is 0 Å². The normalized spacial score (nSPS) is 11.0. The zero-order valence-electron chi connectivity index (χ0n) is 10.4. The number of nitrogens with two attached hydrogens (primary N) is 1. The number of nitrogen functional groups attached to an aromatic ring is 1. The molecule has 2 N–H and O–H groups in total. The number of fused-ring (bicyclic) bond motifs is 1. The minimum Gasteiger partial charge on any atom is -0.436 e. The molecule has 1 heterocycles. The second-order valence-electron chi connectivity index (χ2n) is 4.48. The highest BCUT2D eigenvalue weighted by Crippen LogP contribution is 2.31. The van der Waals surface area contributed by atoms with E-state index in [1.807, 2.05) is 50.2 Å². The van der Waals surface area contributed by atoms with E-state index in [0.717, 1.165) is 33.5 Å². The zero-order valence-corrected chi connectivity index (χ0v) is 10.4. The lowest BCUT2D eigenvalue weighted by molar-refractivity contribution is 0.620. The Bertz CT molecular complexity index is 728. The molecule has 0 saturated heterocycles. The topological polar surface area (TPSA) is 52.0 Å². The molecule has 0 unspecified atom stereocenters. The van der Waals surface area contributed by atoms with Crippen molar-refractivity contribution >= 4 is 16.8 Å². The fourth-order valence-corrected chi connectivity index (χ4v) is 2.07. The SMILES string of the molecule is Cc1cccc(-c2nc3c(C)cccc3o2)c1N. The van der Waals surface area contributed by atoms with Gasteiger partial charge in [0.05, 0.1) is 5.56 Å². The molecule has 3 rings (SSSR count).